The molecule has 0 unspecified atom stereocenters. The molecule has 9 heteroatoms. The summed E-state index contributed by atoms with van der Waals surface area (Å²) in [6.45, 7) is 0. The van der Waals surface area contributed by atoms with Crippen LogP contribution in [0.2, 0.25) is 0 Å². The molecule has 33 heavy (non-hydrogen) atoms. The Hall–Kier alpha value is -4.05. The van der Waals surface area contributed by atoms with Crippen LogP contribution < -0.4 is 16.0 Å². The van der Waals surface area contributed by atoms with E-state index in [1.807, 2.05) is 0 Å². The lowest BCUT2D eigenvalue weighted by Gasteiger charge is -2.39. The van der Waals surface area contributed by atoms with Gasteiger partial charge in [0.2, 0.25) is 0 Å². The summed E-state index contributed by atoms with van der Waals surface area (Å²) in [5, 5.41) is 37.7. The van der Waals surface area contributed by atoms with Gasteiger partial charge in [-0.15, -0.1) is 0 Å². The molecular formula is C24H21N3O6. The first-order chi connectivity index (χ1) is 15.8. The van der Waals surface area contributed by atoms with Crippen molar-refractivity contribution in [2.45, 2.75) is 18.5 Å². The van der Waals surface area contributed by atoms with Crippen LogP contribution in [0.25, 0.3) is 0 Å². The lowest BCUT2D eigenvalue weighted by Crippen LogP contribution is -2.54. The molecule has 1 heterocycles. The van der Waals surface area contributed by atoms with Gasteiger partial charge in [-0.05, 0) is 53.1 Å². The number of hydrogen-bond donors (Lipinski definition) is 6. The highest BCUT2D eigenvalue weighted by molar-refractivity contribution is 5.88. The standard InChI is InChI=1S/C24H21N3O6/c28-22(29)16-7-1-13(2-8-16)19-25-20(14-3-9-17(10-4-14)23(30)31)27-21(26-19)15-5-11-18(12-6-15)24(32)33/h1-12,19-21,25-27H,(H,28,29)(H,30,31)(H,32,33). The second-order valence-corrected chi connectivity index (χ2v) is 7.58. The van der Waals surface area contributed by atoms with Crippen LogP contribution in [0.5, 0.6) is 0 Å². The van der Waals surface area contributed by atoms with Gasteiger partial charge in [0.15, 0.2) is 0 Å². The van der Waals surface area contributed by atoms with Crippen molar-refractivity contribution in [3.8, 4) is 0 Å². The second-order valence-electron chi connectivity index (χ2n) is 7.58. The molecule has 9 nitrogen and oxygen atoms in total. The first-order valence-corrected chi connectivity index (χ1v) is 10.1. The first-order valence-electron chi connectivity index (χ1n) is 10.1. The average Bonchev–Trinajstić information content (AvgIpc) is 2.84. The highest BCUT2D eigenvalue weighted by Gasteiger charge is 2.30. The van der Waals surface area contributed by atoms with Gasteiger partial charge in [0.25, 0.3) is 0 Å². The zero-order chi connectivity index (χ0) is 23.5. The molecule has 0 bridgehead atoms. The molecular weight excluding hydrogens is 426 g/mol. The molecule has 3 aromatic carbocycles. The quantitative estimate of drug-likeness (QED) is 0.335. The average molecular weight is 447 g/mol. The van der Waals surface area contributed by atoms with E-state index >= 15 is 0 Å². The number of carboxylic acid groups (broad SMARTS) is 3. The summed E-state index contributed by atoms with van der Waals surface area (Å²) >= 11 is 0. The van der Waals surface area contributed by atoms with Gasteiger partial charge < -0.3 is 15.3 Å². The Morgan fingerprint density at radius 3 is 0.848 bits per heavy atom. The van der Waals surface area contributed by atoms with Gasteiger partial charge in [0.05, 0.1) is 35.2 Å². The molecule has 4 rings (SSSR count). The molecule has 1 aliphatic heterocycles. The first kappa shape index (κ1) is 22.2. The van der Waals surface area contributed by atoms with Crippen molar-refractivity contribution in [1.29, 1.82) is 0 Å². The van der Waals surface area contributed by atoms with Gasteiger partial charge in [-0.3, -0.25) is 16.0 Å². The number of carboxylic acids is 3. The van der Waals surface area contributed by atoms with Crippen LogP contribution in [0.15, 0.2) is 72.8 Å². The maximum atomic E-state index is 11.2. The van der Waals surface area contributed by atoms with Gasteiger partial charge in [-0.25, -0.2) is 14.4 Å². The fraction of sp³-hybridized carbons (Fsp3) is 0.125. The normalized spacial score (nSPS) is 20.2. The molecule has 1 saturated heterocycles. The minimum absolute atomic E-state index is 0.175. The van der Waals surface area contributed by atoms with Crippen molar-refractivity contribution in [3.63, 3.8) is 0 Å². The maximum Gasteiger partial charge on any atom is 0.335 e. The monoisotopic (exact) mass is 447 g/mol. The number of aromatic carboxylic acids is 3. The molecule has 168 valence electrons. The molecule has 0 radical (unpaired) electrons. The Kier molecular flexibility index (Phi) is 6.18. The number of benzene rings is 3. The van der Waals surface area contributed by atoms with Crippen molar-refractivity contribution >= 4 is 17.9 Å². The fourth-order valence-corrected chi connectivity index (χ4v) is 3.68. The summed E-state index contributed by atoms with van der Waals surface area (Å²) in [6, 6.07) is 19.4. The zero-order valence-corrected chi connectivity index (χ0v) is 17.2. The van der Waals surface area contributed by atoms with Crippen LogP contribution in [-0.4, -0.2) is 33.2 Å². The third kappa shape index (κ3) is 4.90. The predicted molar refractivity (Wildman–Crippen MR) is 118 cm³/mol. The molecule has 6 N–H and O–H groups in total. The highest BCUT2D eigenvalue weighted by Crippen LogP contribution is 2.27. The topological polar surface area (TPSA) is 148 Å². The number of carbonyl (C=O) groups is 3. The van der Waals surface area contributed by atoms with E-state index in [1.54, 1.807) is 36.4 Å². The van der Waals surface area contributed by atoms with Crippen molar-refractivity contribution in [2.24, 2.45) is 0 Å². The Labute approximate surface area is 188 Å². The Balaban J connectivity index is 1.65. The third-order valence-electron chi connectivity index (χ3n) is 5.47. The van der Waals surface area contributed by atoms with Gasteiger partial charge in [0, 0.05) is 0 Å². The molecule has 1 fully saturated rings. The molecule has 0 aliphatic carbocycles. The van der Waals surface area contributed by atoms with Gasteiger partial charge in [0.1, 0.15) is 0 Å². The summed E-state index contributed by atoms with van der Waals surface area (Å²) in [5.41, 5.74) is 2.94. The van der Waals surface area contributed by atoms with Crippen molar-refractivity contribution in [3.05, 3.63) is 106 Å². The summed E-state index contributed by atoms with van der Waals surface area (Å²) in [7, 11) is 0. The van der Waals surface area contributed by atoms with E-state index in [4.69, 9.17) is 15.3 Å². The van der Waals surface area contributed by atoms with Crippen LogP contribution in [0.1, 0.15) is 66.3 Å². The molecule has 0 atom stereocenters. The summed E-state index contributed by atoms with van der Waals surface area (Å²) < 4.78 is 0. The Bertz CT molecular complexity index is 1020. The SMILES string of the molecule is O=C(O)c1ccc(C2NC(c3ccc(C(=O)O)cc3)NC(c3ccc(C(=O)O)cc3)N2)cc1. The van der Waals surface area contributed by atoms with E-state index in [9.17, 15) is 14.4 Å². The number of nitrogens with one attached hydrogen (secondary N) is 3. The minimum Gasteiger partial charge on any atom is -0.478 e. The highest BCUT2D eigenvalue weighted by atomic mass is 16.4. The summed E-state index contributed by atoms with van der Waals surface area (Å²) in [4.78, 5) is 33.6. The number of rotatable bonds is 6. The van der Waals surface area contributed by atoms with Crippen LogP contribution in [0.3, 0.4) is 0 Å². The van der Waals surface area contributed by atoms with E-state index in [2.05, 4.69) is 16.0 Å². The predicted octanol–water partition coefficient (Wildman–Crippen LogP) is 2.96. The minimum atomic E-state index is -1.01. The van der Waals surface area contributed by atoms with E-state index < -0.39 is 17.9 Å². The van der Waals surface area contributed by atoms with Gasteiger partial charge in [-0.2, -0.15) is 0 Å². The van der Waals surface area contributed by atoms with Gasteiger partial charge in [-0.1, -0.05) is 36.4 Å². The smallest absolute Gasteiger partial charge is 0.335 e. The molecule has 3 aromatic rings. The van der Waals surface area contributed by atoms with Crippen LogP contribution in [-0.2, 0) is 0 Å². The molecule has 0 saturated carbocycles. The van der Waals surface area contributed by atoms with Crippen molar-refractivity contribution in [2.75, 3.05) is 0 Å². The Morgan fingerprint density at radius 2 is 0.667 bits per heavy atom. The van der Waals surface area contributed by atoms with Crippen LogP contribution in [0, 0.1) is 0 Å². The van der Waals surface area contributed by atoms with Crippen LogP contribution >= 0.6 is 0 Å². The lowest BCUT2D eigenvalue weighted by molar-refractivity contribution is 0.0686. The second kappa shape index (κ2) is 9.21. The van der Waals surface area contributed by atoms with Gasteiger partial charge >= 0.3 is 17.9 Å². The third-order valence-corrected chi connectivity index (χ3v) is 5.47. The van der Waals surface area contributed by atoms with E-state index in [0.29, 0.717) is 0 Å². The molecule has 0 spiro atoms. The maximum absolute atomic E-state index is 11.2. The lowest BCUT2D eigenvalue weighted by atomic mass is 10.0. The zero-order valence-electron chi connectivity index (χ0n) is 17.2. The summed E-state index contributed by atoms with van der Waals surface area (Å²) in [6.07, 6.45) is -1.12. The van der Waals surface area contributed by atoms with Crippen LogP contribution in [0.4, 0.5) is 0 Å². The van der Waals surface area contributed by atoms with Crippen molar-refractivity contribution in [1.82, 2.24) is 16.0 Å². The molecule has 1 aliphatic rings. The van der Waals surface area contributed by atoms with E-state index in [1.165, 1.54) is 36.4 Å². The summed E-state index contributed by atoms with van der Waals surface area (Å²) in [5.74, 6) is -3.04. The van der Waals surface area contributed by atoms with Crippen molar-refractivity contribution < 1.29 is 29.7 Å². The van der Waals surface area contributed by atoms with E-state index in [-0.39, 0.29) is 35.2 Å². The molecule has 0 amide bonds. The fourth-order valence-electron chi connectivity index (χ4n) is 3.68. The molecule has 0 aromatic heterocycles. The Morgan fingerprint density at radius 1 is 0.455 bits per heavy atom. The van der Waals surface area contributed by atoms with E-state index in [0.717, 1.165) is 16.7 Å². The largest absolute Gasteiger partial charge is 0.478 e. The number of hydrogen-bond acceptors (Lipinski definition) is 6.